The number of nitrogens with two attached hydrogens (primary N) is 1. The number of fused-ring (bicyclic) bond motifs is 1. The van der Waals surface area contributed by atoms with Crippen molar-refractivity contribution in [2.45, 2.75) is 19.9 Å². The van der Waals surface area contributed by atoms with Crippen molar-refractivity contribution in [3.05, 3.63) is 36.0 Å². The highest BCUT2D eigenvalue weighted by Crippen LogP contribution is 2.22. The van der Waals surface area contributed by atoms with Crippen LogP contribution in [0, 0.1) is 5.92 Å². The van der Waals surface area contributed by atoms with Gasteiger partial charge in [-0.1, -0.05) is 26.0 Å². The molecule has 2 aromatic rings. The number of benzene rings is 1. The molecule has 0 saturated heterocycles. The number of H-pyrrole nitrogens is 1. The van der Waals surface area contributed by atoms with E-state index in [1.165, 1.54) is 16.5 Å². The second-order valence-corrected chi connectivity index (χ2v) is 4.09. The van der Waals surface area contributed by atoms with E-state index >= 15 is 0 Å². The third-order valence-corrected chi connectivity index (χ3v) is 2.68. The van der Waals surface area contributed by atoms with Crippen LogP contribution in [0.15, 0.2) is 30.5 Å². The van der Waals surface area contributed by atoms with Gasteiger partial charge in [-0.3, -0.25) is 0 Å². The molecule has 1 atom stereocenters. The molecule has 1 aromatic heterocycles. The fraction of sp³-hybridized carbons (Fsp3) is 0.333. The van der Waals surface area contributed by atoms with E-state index < -0.39 is 0 Å². The normalized spacial score (nSPS) is 13.7. The quantitative estimate of drug-likeness (QED) is 0.747. The maximum Gasteiger partial charge on any atom is 0.0457 e. The summed E-state index contributed by atoms with van der Waals surface area (Å²) in [6.07, 6.45) is 1.95. The third kappa shape index (κ3) is 1.53. The Balaban J connectivity index is 2.43. The molecule has 0 aliphatic heterocycles. The van der Waals surface area contributed by atoms with Crippen LogP contribution in [-0.2, 0) is 0 Å². The molecular weight excluding hydrogens is 172 g/mol. The monoisotopic (exact) mass is 188 g/mol. The third-order valence-electron chi connectivity index (χ3n) is 2.68. The van der Waals surface area contributed by atoms with Gasteiger partial charge in [0.05, 0.1) is 0 Å². The predicted molar refractivity (Wildman–Crippen MR) is 60.1 cm³/mol. The SMILES string of the molecule is CC(C)[C@H](N)c1ccc2cc[nH]c2c1. The highest BCUT2D eigenvalue weighted by Gasteiger charge is 2.10. The zero-order valence-electron chi connectivity index (χ0n) is 8.62. The van der Waals surface area contributed by atoms with Crippen molar-refractivity contribution in [3.8, 4) is 0 Å². The van der Waals surface area contributed by atoms with Crippen LogP contribution in [0.2, 0.25) is 0 Å². The summed E-state index contributed by atoms with van der Waals surface area (Å²) in [6, 6.07) is 8.56. The number of aromatic nitrogens is 1. The van der Waals surface area contributed by atoms with Crippen LogP contribution in [0.1, 0.15) is 25.5 Å². The molecule has 2 rings (SSSR count). The van der Waals surface area contributed by atoms with Crippen molar-refractivity contribution in [2.75, 3.05) is 0 Å². The summed E-state index contributed by atoms with van der Waals surface area (Å²) in [5.41, 5.74) is 8.45. The number of nitrogens with one attached hydrogen (secondary N) is 1. The predicted octanol–water partition coefficient (Wildman–Crippen LogP) is 2.82. The Bertz CT molecular complexity index is 429. The Hall–Kier alpha value is -1.28. The lowest BCUT2D eigenvalue weighted by molar-refractivity contribution is 0.514. The van der Waals surface area contributed by atoms with Gasteiger partial charge >= 0.3 is 0 Å². The summed E-state index contributed by atoms with van der Waals surface area (Å²) in [4.78, 5) is 3.20. The number of hydrogen-bond acceptors (Lipinski definition) is 1. The molecule has 74 valence electrons. The average Bonchev–Trinajstić information content (AvgIpc) is 2.62. The van der Waals surface area contributed by atoms with Crippen molar-refractivity contribution >= 4 is 10.9 Å². The zero-order valence-corrected chi connectivity index (χ0v) is 8.62. The summed E-state index contributed by atoms with van der Waals surface area (Å²) in [6.45, 7) is 4.28. The van der Waals surface area contributed by atoms with Crippen LogP contribution in [0.5, 0.6) is 0 Å². The fourth-order valence-corrected chi connectivity index (χ4v) is 1.66. The Morgan fingerprint density at radius 2 is 2.00 bits per heavy atom. The number of rotatable bonds is 2. The van der Waals surface area contributed by atoms with E-state index in [4.69, 9.17) is 5.73 Å². The van der Waals surface area contributed by atoms with Crippen molar-refractivity contribution in [1.82, 2.24) is 4.98 Å². The van der Waals surface area contributed by atoms with Gasteiger partial charge < -0.3 is 10.7 Å². The fourth-order valence-electron chi connectivity index (χ4n) is 1.66. The summed E-state index contributed by atoms with van der Waals surface area (Å²) >= 11 is 0. The van der Waals surface area contributed by atoms with Crippen LogP contribution in [0.25, 0.3) is 10.9 Å². The van der Waals surface area contributed by atoms with E-state index in [0.717, 1.165) is 0 Å². The molecule has 0 bridgehead atoms. The first-order valence-electron chi connectivity index (χ1n) is 5.01. The maximum absolute atomic E-state index is 6.08. The molecule has 1 heterocycles. The summed E-state index contributed by atoms with van der Waals surface area (Å²) in [5.74, 6) is 0.474. The van der Waals surface area contributed by atoms with Gasteiger partial charge in [0.2, 0.25) is 0 Å². The van der Waals surface area contributed by atoms with Crippen molar-refractivity contribution in [2.24, 2.45) is 11.7 Å². The van der Waals surface area contributed by atoms with Gasteiger partial charge in [0.15, 0.2) is 0 Å². The van der Waals surface area contributed by atoms with E-state index in [9.17, 15) is 0 Å². The van der Waals surface area contributed by atoms with Gasteiger partial charge in [-0.05, 0) is 29.0 Å². The Morgan fingerprint density at radius 1 is 1.21 bits per heavy atom. The van der Waals surface area contributed by atoms with Crippen molar-refractivity contribution in [3.63, 3.8) is 0 Å². The number of hydrogen-bond donors (Lipinski definition) is 2. The van der Waals surface area contributed by atoms with Crippen LogP contribution < -0.4 is 5.73 Å². The lowest BCUT2D eigenvalue weighted by atomic mass is 9.96. The Kier molecular flexibility index (Phi) is 2.30. The second kappa shape index (κ2) is 3.46. The van der Waals surface area contributed by atoms with Crippen LogP contribution in [0.4, 0.5) is 0 Å². The van der Waals surface area contributed by atoms with Gasteiger partial charge in [0.25, 0.3) is 0 Å². The molecule has 0 radical (unpaired) electrons. The molecule has 2 heteroatoms. The maximum atomic E-state index is 6.08. The standard InChI is InChI=1S/C12H16N2/c1-8(2)12(13)10-4-3-9-5-6-14-11(9)7-10/h3-8,12,14H,13H2,1-2H3/t12-/m0/s1. The van der Waals surface area contributed by atoms with Crippen LogP contribution >= 0.6 is 0 Å². The first-order valence-corrected chi connectivity index (χ1v) is 5.01. The minimum atomic E-state index is 0.127. The summed E-state index contributed by atoms with van der Waals surface area (Å²) in [5, 5.41) is 1.24. The second-order valence-electron chi connectivity index (χ2n) is 4.09. The van der Waals surface area contributed by atoms with E-state index in [2.05, 4.69) is 43.1 Å². The Morgan fingerprint density at radius 3 is 2.71 bits per heavy atom. The zero-order chi connectivity index (χ0) is 10.1. The molecule has 0 unspecified atom stereocenters. The van der Waals surface area contributed by atoms with Crippen molar-refractivity contribution < 1.29 is 0 Å². The molecular formula is C12H16N2. The highest BCUT2D eigenvalue weighted by molar-refractivity contribution is 5.79. The van der Waals surface area contributed by atoms with Crippen molar-refractivity contribution in [1.29, 1.82) is 0 Å². The lowest BCUT2D eigenvalue weighted by Gasteiger charge is -2.15. The van der Waals surface area contributed by atoms with E-state index in [0.29, 0.717) is 5.92 Å². The molecule has 0 amide bonds. The minimum absolute atomic E-state index is 0.127. The van der Waals surface area contributed by atoms with Gasteiger partial charge in [-0.2, -0.15) is 0 Å². The molecule has 14 heavy (non-hydrogen) atoms. The van der Waals surface area contributed by atoms with Crippen LogP contribution in [0.3, 0.4) is 0 Å². The lowest BCUT2D eigenvalue weighted by Crippen LogP contribution is -2.16. The molecule has 1 aromatic carbocycles. The molecule has 0 fully saturated rings. The van der Waals surface area contributed by atoms with Gasteiger partial charge in [-0.15, -0.1) is 0 Å². The summed E-state index contributed by atoms with van der Waals surface area (Å²) in [7, 11) is 0. The van der Waals surface area contributed by atoms with E-state index in [-0.39, 0.29) is 6.04 Å². The number of aromatic amines is 1. The first kappa shape index (κ1) is 9.28. The average molecular weight is 188 g/mol. The van der Waals surface area contributed by atoms with Gasteiger partial charge in [-0.25, -0.2) is 0 Å². The topological polar surface area (TPSA) is 41.8 Å². The summed E-state index contributed by atoms with van der Waals surface area (Å²) < 4.78 is 0. The molecule has 2 nitrogen and oxygen atoms in total. The molecule has 0 spiro atoms. The highest BCUT2D eigenvalue weighted by atomic mass is 14.7. The largest absolute Gasteiger partial charge is 0.361 e. The van der Waals surface area contributed by atoms with Gasteiger partial charge in [0.1, 0.15) is 0 Å². The van der Waals surface area contributed by atoms with Crippen LogP contribution in [-0.4, -0.2) is 4.98 Å². The molecule has 3 N–H and O–H groups in total. The molecule has 0 aliphatic rings. The van der Waals surface area contributed by atoms with Gasteiger partial charge in [0, 0.05) is 17.8 Å². The molecule has 0 saturated carbocycles. The minimum Gasteiger partial charge on any atom is -0.361 e. The van der Waals surface area contributed by atoms with E-state index in [1.807, 2.05) is 6.20 Å². The Labute approximate surface area is 84.1 Å². The first-order chi connectivity index (χ1) is 6.68. The smallest absolute Gasteiger partial charge is 0.0457 e. The van der Waals surface area contributed by atoms with E-state index in [1.54, 1.807) is 0 Å². The molecule has 0 aliphatic carbocycles.